The molecule has 3 aromatic rings. The van der Waals surface area contributed by atoms with E-state index in [1.165, 1.54) is 0 Å². The van der Waals surface area contributed by atoms with Gasteiger partial charge in [0.1, 0.15) is 5.58 Å². The maximum Gasteiger partial charge on any atom is 0.287 e. The van der Waals surface area contributed by atoms with Crippen LogP contribution in [0.15, 0.2) is 63.8 Å². The Morgan fingerprint density at radius 1 is 1.08 bits per heavy atom. The van der Waals surface area contributed by atoms with E-state index in [2.05, 4.69) is 17.2 Å². The van der Waals surface area contributed by atoms with Crippen molar-refractivity contribution in [2.24, 2.45) is 5.73 Å². The van der Waals surface area contributed by atoms with Crippen LogP contribution in [-0.4, -0.2) is 18.4 Å². The minimum Gasteiger partial charge on any atom is -0.451 e. The molecule has 0 saturated heterocycles. The van der Waals surface area contributed by atoms with Crippen molar-refractivity contribution in [2.75, 3.05) is 6.54 Å². The molecule has 3 N–H and O–H groups in total. The van der Waals surface area contributed by atoms with E-state index in [9.17, 15) is 14.4 Å². The summed E-state index contributed by atoms with van der Waals surface area (Å²) < 4.78 is 5.45. The van der Waals surface area contributed by atoms with Crippen LogP contribution in [0, 0.1) is 11.8 Å². The van der Waals surface area contributed by atoms with Gasteiger partial charge in [-0.2, -0.15) is 0 Å². The number of hydrogen-bond acceptors (Lipinski definition) is 4. The van der Waals surface area contributed by atoms with E-state index in [-0.39, 0.29) is 17.7 Å². The second-order valence-electron chi connectivity index (χ2n) is 5.40. The Bertz CT molecular complexity index is 1100. The van der Waals surface area contributed by atoms with Gasteiger partial charge in [0.2, 0.25) is 5.91 Å². The molecule has 2 amide bonds. The Balaban J connectivity index is 1.66. The Morgan fingerprint density at radius 3 is 2.54 bits per heavy atom. The topological polar surface area (TPSA) is 102 Å². The molecule has 0 radical (unpaired) electrons. The van der Waals surface area contributed by atoms with E-state index < -0.39 is 11.8 Å². The summed E-state index contributed by atoms with van der Waals surface area (Å²) in [6.45, 7) is 0.0763. The van der Waals surface area contributed by atoms with E-state index in [0.717, 1.165) is 6.07 Å². The third-order valence-corrected chi connectivity index (χ3v) is 3.60. The summed E-state index contributed by atoms with van der Waals surface area (Å²) in [5, 5.41) is 2.99. The van der Waals surface area contributed by atoms with Gasteiger partial charge in [0.05, 0.1) is 11.9 Å². The second-order valence-corrected chi connectivity index (χ2v) is 5.40. The number of carbonyl (C=O) groups excluding carboxylic acids is 2. The standard InChI is InChI=1S/C20H14N2O4/c21-19(24)14-9-7-13(8-10-14)4-3-11-22-20(25)18-12-16(23)15-5-1-2-6-17(15)26-18/h1-2,5-10,12H,11H2,(H2,21,24)(H,22,25). The number of primary amides is 1. The molecule has 0 fully saturated rings. The van der Waals surface area contributed by atoms with Gasteiger partial charge >= 0.3 is 0 Å². The first kappa shape index (κ1) is 17.0. The summed E-state index contributed by atoms with van der Waals surface area (Å²) in [6, 6.07) is 14.4. The number of carbonyl (C=O) groups is 2. The fraction of sp³-hybridized carbons (Fsp3) is 0.0500. The van der Waals surface area contributed by atoms with E-state index in [0.29, 0.717) is 22.1 Å². The highest BCUT2D eigenvalue weighted by Crippen LogP contribution is 2.11. The zero-order valence-electron chi connectivity index (χ0n) is 13.6. The van der Waals surface area contributed by atoms with Crippen molar-refractivity contribution in [3.8, 4) is 11.8 Å². The van der Waals surface area contributed by atoms with Crippen molar-refractivity contribution >= 4 is 22.8 Å². The lowest BCUT2D eigenvalue weighted by Gasteiger charge is -2.02. The van der Waals surface area contributed by atoms with Crippen molar-refractivity contribution in [1.82, 2.24) is 5.32 Å². The van der Waals surface area contributed by atoms with Gasteiger partial charge in [-0.25, -0.2) is 0 Å². The average Bonchev–Trinajstić information content (AvgIpc) is 2.65. The minimum atomic E-state index is -0.522. The Labute approximate surface area is 148 Å². The van der Waals surface area contributed by atoms with Gasteiger partial charge in [0.25, 0.3) is 5.91 Å². The van der Waals surface area contributed by atoms with Crippen molar-refractivity contribution in [3.05, 3.63) is 81.7 Å². The first-order valence-electron chi connectivity index (χ1n) is 7.74. The Morgan fingerprint density at radius 2 is 1.81 bits per heavy atom. The molecule has 1 aromatic heterocycles. The van der Waals surface area contributed by atoms with Crippen molar-refractivity contribution < 1.29 is 14.0 Å². The molecular formula is C20H14N2O4. The SMILES string of the molecule is NC(=O)c1ccc(C#CCNC(=O)c2cc(=O)c3ccccc3o2)cc1. The molecule has 2 aromatic carbocycles. The van der Waals surface area contributed by atoms with Crippen LogP contribution in [0.5, 0.6) is 0 Å². The highest BCUT2D eigenvalue weighted by atomic mass is 16.3. The third kappa shape index (κ3) is 3.79. The minimum absolute atomic E-state index is 0.0682. The molecular weight excluding hydrogens is 332 g/mol. The molecule has 1 heterocycles. The quantitative estimate of drug-likeness (QED) is 0.704. The molecule has 0 aliphatic heterocycles. The maximum atomic E-state index is 12.1. The molecule has 0 saturated carbocycles. The number of amides is 2. The smallest absolute Gasteiger partial charge is 0.287 e. The maximum absolute atomic E-state index is 12.1. The van der Waals surface area contributed by atoms with Crippen LogP contribution >= 0.6 is 0 Å². The van der Waals surface area contributed by atoms with E-state index in [1.807, 2.05) is 0 Å². The van der Waals surface area contributed by atoms with Crippen LogP contribution in [0.4, 0.5) is 0 Å². The summed E-state index contributed by atoms with van der Waals surface area (Å²) in [5.41, 5.74) is 6.32. The summed E-state index contributed by atoms with van der Waals surface area (Å²) in [5.74, 6) is 4.54. The number of benzene rings is 2. The molecule has 3 rings (SSSR count). The fourth-order valence-corrected chi connectivity index (χ4v) is 2.29. The van der Waals surface area contributed by atoms with E-state index in [1.54, 1.807) is 48.5 Å². The van der Waals surface area contributed by atoms with E-state index >= 15 is 0 Å². The van der Waals surface area contributed by atoms with Gasteiger partial charge in [0, 0.05) is 17.2 Å². The fourth-order valence-electron chi connectivity index (χ4n) is 2.29. The van der Waals surface area contributed by atoms with Crippen LogP contribution < -0.4 is 16.5 Å². The summed E-state index contributed by atoms with van der Waals surface area (Å²) in [4.78, 5) is 35.1. The van der Waals surface area contributed by atoms with Crippen LogP contribution in [0.1, 0.15) is 26.5 Å². The van der Waals surface area contributed by atoms with Crippen molar-refractivity contribution in [3.63, 3.8) is 0 Å². The summed E-state index contributed by atoms with van der Waals surface area (Å²) in [7, 11) is 0. The largest absolute Gasteiger partial charge is 0.451 e. The molecule has 26 heavy (non-hydrogen) atoms. The number of nitrogens with two attached hydrogens (primary N) is 1. The van der Waals surface area contributed by atoms with E-state index in [4.69, 9.17) is 10.2 Å². The zero-order chi connectivity index (χ0) is 18.5. The van der Waals surface area contributed by atoms with Gasteiger partial charge in [-0.15, -0.1) is 0 Å². The van der Waals surface area contributed by atoms with Crippen LogP contribution in [0.2, 0.25) is 0 Å². The van der Waals surface area contributed by atoms with Crippen LogP contribution in [-0.2, 0) is 0 Å². The lowest BCUT2D eigenvalue weighted by molar-refractivity contribution is 0.0931. The predicted octanol–water partition coefficient (Wildman–Crippen LogP) is 1.67. The van der Waals surface area contributed by atoms with Gasteiger partial charge < -0.3 is 15.5 Å². The van der Waals surface area contributed by atoms with Crippen LogP contribution in [0.25, 0.3) is 11.0 Å². The molecule has 0 aliphatic carbocycles. The molecule has 128 valence electrons. The van der Waals surface area contributed by atoms with Crippen molar-refractivity contribution in [2.45, 2.75) is 0 Å². The number of rotatable bonds is 3. The second kappa shape index (κ2) is 7.36. The highest BCUT2D eigenvalue weighted by molar-refractivity contribution is 5.93. The van der Waals surface area contributed by atoms with Gasteiger partial charge in [-0.1, -0.05) is 24.0 Å². The molecule has 0 aliphatic rings. The molecule has 6 heteroatoms. The zero-order valence-corrected chi connectivity index (χ0v) is 13.6. The first-order chi connectivity index (χ1) is 12.5. The lowest BCUT2D eigenvalue weighted by Crippen LogP contribution is -2.24. The molecule has 6 nitrogen and oxygen atoms in total. The lowest BCUT2D eigenvalue weighted by atomic mass is 10.1. The molecule has 0 unspecified atom stereocenters. The molecule has 0 spiro atoms. The number of hydrogen-bond donors (Lipinski definition) is 2. The van der Waals surface area contributed by atoms with Crippen LogP contribution in [0.3, 0.4) is 0 Å². The van der Waals surface area contributed by atoms with Crippen molar-refractivity contribution in [1.29, 1.82) is 0 Å². The number of fused-ring (bicyclic) bond motifs is 1. The first-order valence-corrected chi connectivity index (χ1v) is 7.74. The monoisotopic (exact) mass is 346 g/mol. The predicted molar refractivity (Wildman–Crippen MR) is 96.7 cm³/mol. The summed E-state index contributed by atoms with van der Waals surface area (Å²) in [6.07, 6.45) is 0. The molecule has 0 atom stereocenters. The number of nitrogens with one attached hydrogen (secondary N) is 1. The van der Waals surface area contributed by atoms with Gasteiger partial charge in [0.15, 0.2) is 11.2 Å². The Hall–Kier alpha value is -3.85. The highest BCUT2D eigenvalue weighted by Gasteiger charge is 2.11. The third-order valence-electron chi connectivity index (χ3n) is 3.60. The Kier molecular flexibility index (Phi) is 4.81. The number of para-hydroxylation sites is 1. The molecule has 0 bridgehead atoms. The van der Waals surface area contributed by atoms with Gasteiger partial charge in [-0.05, 0) is 36.4 Å². The average molecular weight is 346 g/mol. The normalized spacial score (nSPS) is 10.0. The van der Waals surface area contributed by atoms with Gasteiger partial charge in [-0.3, -0.25) is 14.4 Å². The summed E-state index contributed by atoms with van der Waals surface area (Å²) >= 11 is 0.